The van der Waals surface area contributed by atoms with Crippen LogP contribution in [-0.4, -0.2) is 41.4 Å². The maximum atomic E-state index is 10.9. The summed E-state index contributed by atoms with van der Waals surface area (Å²) in [5, 5.41) is 5.31. The first-order valence-electron chi connectivity index (χ1n) is 9.94. The van der Waals surface area contributed by atoms with Gasteiger partial charge in [0, 0.05) is 56.4 Å². The predicted molar refractivity (Wildman–Crippen MR) is 119 cm³/mol. The number of H-pyrrole nitrogens is 1. The number of hydrogen-bond acceptors (Lipinski definition) is 5. The molecule has 30 heavy (non-hydrogen) atoms. The normalized spacial score (nSPS) is 11.3. The Hall–Kier alpha value is -3.23. The molecular weight excluding hydrogens is 396 g/mol. The third kappa shape index (κ3) is 4.66. The second kappa shape index (κ2) is 9.06. The van der Waals surface area contributed by atoms with Gasteiger partial charge in [0.2, 0.25) is 5.88 Å². The molecule has 3 aromatic heterocycles. The highest BCUT2D eigenvalue weighted by atomic mass is 28.3. The predicted octanol–water partition coefficient (Wildman–Crippen LogP) is 4.49. The Balaban J connectivity index is 1.43. The molecule has 0 atom stereocenters. The van der Waals surface area contributed by atoms with Crippen LogP contribution >= 0.6 is 0 Å². The largest absolute Gasteiger partial charge is 0.439 e. The fraction of sp³-hybridized carbons (Fsp3) is 0.227. The SMILES string of the molecule is C[SiH](C)CCOCn1nccc1-c1ccc(Oc2ccc3cc(C=O)[nH]c3c2)nc1. The molecular formula is C22H24N4O3Si. The highest BCUT2D eigenvalue weighted by molar-refractivity contribution is 6.55. The van der Waals surface area contributed by atoms with E-state index in [4.69, 9.17) is 9.47 Å². The number of benzene rings is 1. The molecule has 4 aromatic rings. The van der Waals surface area contributed by atoms with Crippen molar-refractivity contribution < 1.29 is 14.3 Å². The van der Waals surface area contributed by atoms with Crippen molar-refractivity contribution >= 4 is 26.0 Å². The molecule has 154 valence electrons. The third-order valence-corrected chi connectivity index (χ3v) is 6.16. The Labute approximate surface area is 176 Å². The first kappa shape index (κ1) is 20.1. The molecule has 0 aliphatic heterocycles. The van der Waals surface area contributed by atoms with E-state index < -0.39 is 8.80 Å². The maximum absolute atomic E-state index is 10.9. The molecule has 1 N–H and O–H groups in total. The molecule has 0 bridgehead atoms. The lowest BCUT2D eigenvalue weighted by atomic mass is 10.2. The van der Waals surface area contributed by atoms with E-state index in [2.05, 4.69) is 28.2 Å². The Morgan fingerprint density at radius 1 is 1.17 bits per heavy atom. The van der Waals surface area contributed by atoms with Gasteiger partial charge in [-0.3, -0.25) is 4.79 Å². The van der Waals surface area contributed by atoms with E-state index in [1.165, 1.54) is 0 Å². The van der Waals surface area contributed by atoms with Crippen molar-refractivity contribution in [2.24, 2.45) is 0 Å². The average molecular weight is 421 g/mol. The second-order valence-corrected chi connectivity index (χ2v) is 10.9. The van der Waals surface area contributed by atoms with Crippen LogP contribution in [0.2, 0.25) is 19.1 Å². The van der Waals surface area contributed by atoms with Crippen LogP contribution in [0.4, 0.5) is 0 Å². The number of ether oxygens (including phenoxy) is 2. The number of fused-ring (bicyclic) bond motifs is 1. The van der Waals surface area contributed by atoms with Crippen molar-refractivity contribution in [1.82, 2.24) is 19.7 Å². The van der Waals surface area contributed by atoms with E-state index in [0.717, 1.165) is 41.1 Å². The number of aldehydes is 1. The van der Waals surface area contributed by atoms with Gasteiger partial charge < -0.3 is 14.5 Å². The summed E-state index contributed by atoms with van der Waals surface area (Å²) in [6.07, 6.45) is 4.32. The lowest BCUT2D eigenvalue weighted by Crippen LogP contribution is -2.10. The number of aromatic amines is 1. The Morgan fingerprint density at radius 3 is 2.83 bits per heavy atom. The van der Waals surface area contributed by atoms with Gasteiger partial charge in [-0.2, -0.15) is 5.10 Å². The van der Waals surface area contributed by atoms with Gasteiger partial charge in [-0.1, -0.05) is 13.1 Å². The van der Waals surface area contributed by atoms with Gasteiger partial charge in [0.05, 0.1) is 11.4 Å². The quantitative estimate of drug-likeness (QED) is 0.245. The summed E-state index contributed by atoms with van der Waals surface area (Å²) in [6.45, 7) is 5.83. The van der Waals surface area contributed by atoms with Gasteiger partial charge >= 0.3 is 0 Å². The third-order valence-electron chi connectivity index (χ3n) is 4.77. The molecule has 7 nitrogen and oxygen atoms in total. The zero-order chi connectivity index (χ0) is 20.9. The van der Waals surface area contributed by atoms with Crippen LogP contribution in [0.1, 0.15) is 10.5 Å². The van der Waals surface area contributed by atoms with Crippen molar-refractivity contribution in [3.63, 3.8) is 0 Å². The number of nitrogens with zero attached hydrogens (tertiary/aromatic N) is 3. The maximum Gasteiger partial charge on any atom is 0.219 e. The van der Waals surface area contributed by atoms with Crippen LogP contribution in [0, 0.1) is 0 Å². The number of carbonyl (C=O) groups excluding carboxylic acids is 1. The average Bonchev–Trinajstić information content (AvgIpc) is 3.38. The summed E-state index contributed by atoms with van der Waals surface area (Å²) < 4.78 is 13.5. The summed E-state index contributed by atoms with van der Waals surface area (Å²) in [7, 11) is -0.599. The molecule has 0 aliphatic rings. The van der Waals surface area contributed by atoms with Crippen molar-refractivity contribution in [3.05, 3.63) is 60.6 Å². The molecule has 8 heteroatoms. The van der Waals surface area contributed by atoms with Gasteiger partial charge in [0.25, 0.3) is 0 Å². The van der Waals surface area contributed by atoms with E-state index in [1.807, 2.05) is 41.1 Å². The van der Waals surface area contributed by atoms with E-state index >= 15 is 0 Å². The first-order chi connectivity index (χ1) is 14.6. The summed E-state index contributed by atoms with van der Waals surface area (Å²) in [6, 6.07) is 14.3. The molecule has 0 saturated carbocycles. The number of carbonyl (C=O) groups is 1. The van der Waals surface area contributed by atoms with Crippen molar-refractivity contribution in [3.8, 4) is 22.9 Å². The summed E-state index contributed by atoms with van der Waals surface area (Å²) in [5.41, 5.74) is 3.27. The molecule has 0 aliphatic carbocycles. The smallest absolute Gasteiger partial charge is 0.219 e. The zero-order valence-electron chi connectivity index (χ0n) is 17.0. The lowest BCUT2D eigenvalue weighted by Gasteiger charge is -2.10. The molecule has 0 amide bonds. The fourth-order valence-corrected chi connectivity index (χ4v) is 3.76. The van der Waals surface area contributed by atoms with E-state index in [0.29, 0.717) is 24.1 Å². The van der Waals surface area contributed by atoms with Crippen LogP contribution < -0.4 is 4.74 Å². The Bertz CT molecular complexity index is 1130. The Kier molecular flexibility index (Phi) is 6.06. The number of hydrogen-bond donors (Lipinski definition) is 1. The minimum atomic E-state index is -0.599. The molecule has 1 aromatic carbocycles. The number of pyridine rings is 1. The van der Waals surface area contributed by atoms with Gasteiger partial charge in [0.1, 0.15) is 12.5 Å². The molecule has 0 unspecified atom stereocenters. The molecule has 3 heterocycles. The fourth-order valence-electron chi connectivity index (χ4n) is 3.12. The van der Waals surface area contributed by atoms with Crippen molar-refractivity contribution in [2.45, 2.75) is 25.9 Å². The van der Waals surface area contributed by atoms with Crippen LogP contribution in [0.25, 0.3) is 22.2 Å². The van der Waals surface area contributed by atoms with Crippen LogP contribution in [0.3, 0.4) is 0 Å². The highest BCUT2D eigenvalue weighted by Gasteiger charge is 2.08. The molecule has 4 rings (SSSR count). The van der Waals surface area contributed by atoms with E-state index in [-0.39, 0.29) is 0 Å². The molecule has 0 fully saturated rings. The summed E-state index contributed by atoms with van der Waals surface area (Å²) in [4.78, 5) is 18.4. The van der Waals surface area contributed by atoms with Crippen LogP contribution in [-0.2, 0) is 11.5 Å². The Morgan fingerprint density at radius 2 is 2.07 bits per heavy atom. The van der Waals surface area contributed by atoms with Gasteiger partial charge in [0.15, 0.2) is 6.29 Å². The van der Waals surface area contributed by atoms with E-state index in [1.54, 1.807) is 18.5 Å². The number of aromatic nitrogens is 4. The van der Waals surface area contributed by atoms with Crippen molar-refractivity contribution in [1.29, 1.82) is 0 Å². The minimum Gasteiger partial charge on any atom is -0.439 e. The molecule has 0 radical (unpaired) electrons. The van der Waals surface area contributed by atoms with Gasteiger partial charge in [-0.15, -0.1) is 0 Å². The standard InChI is InChI=1S/C22H24N4O3Si/c1-30(2)10-9-28-15-26-21(7-8-24-26)17-4-6-22(23-13-17)29-19-5-3-16-11-18(14-27)25-20(16)12-19/h3-8,11-14,25,30H,9-10,15H2,1-2H3. The second-order valence-electron chi connectivity index (χ2n) is 7.51. The monoisotopic (exact) mass is 420 g/mol. The topological polar surface area (TPSA) is 82.0 Å². The molecule has 0 saturated heterocycles. The molecule has 0 spiro atoms. The summed E-state index contributed by atoms with van der Waals surface area (Å²) >= 11 is 0. The van der Waals surface area contributed by atoms with E-state index in [9.17, 15) is 4.79 Å². The van der Waals surface area contributed by atoms with Gasteiger partial charge in [-0.05, 0) is 36.4 Å². The number of rotatable bonds is 9. The van der Waals surface area contributed by atoms with Gasteiger partial charge in [-0.25, -0.2) is 9.67 Å². The summed E-state index contributed by atoms with van der Waals surface area (Å²) in [5.74, 6) is 1.14. The zero-order valence-corrected chi connectivity index (χ0v) is 18.2. The first-order valence-corrected chi connectivity index (χ1v) is 13.1. The van der Waals surface area contributed by atoms with Crippen LogP contribution in [0.15, 0.2) is 54.9 Å². The number of nitrogens with one attached hydrogen (secondary N) is 1. The minimum absolute atomic E-state index is 0.431. The van der Waals surface area contributed by atoms with Crippen LogP contribution in [0.5, 0.6) is 11.6 Å². The van der Waals surface area contributed by atoms with Crippen molar-refractivity contribution in [2.75, 3.05) is 6.61 Å². The lowest BCUT2D eigenvalue weighted by molar-refractivity contribution is 0.0801. The highest BCUT2D eigenvalue weighted by Crippen LogP contribution is 2.26.